The average molecular weight is 234 g/mol. The van der Waals surface area contributed by atoms with Crippen LogP contribution in [0.4, 0.5) is 0 Å². The first-order valence-electron chi connectivity index (χ1n) is 6.23. The summed E-state index contributed by atoms with van der Waals surface area (Å²) < 4.78 is 5.29. The van der Waals surface area contributed by atoms with E-state index in [2.05, 4.69) is 6.92 Å². The van der Waals surface area contributed by atoms with Gasteiger partial charge in [0.2, 0.25) is 0 Å². The number of rotatable bonds is 5. The molecular formula is C15H22O2. The highest BCUT2D eigenvalue weighted by atomic mass is 16.5. The number of esters is 1. The summed E-state index contributed by atoms with van der Waals surface area (Å²) in [5, 5.41) is 0. The van der Waals surface area contributed by atoms with Gasteiger partial charge in [-0.15, -0.1) is 0 Å². The Morgan fingerprint density at radius 2 is 1.82 bits per heavy atom. The lowest BCUT2D eigenvalue weighted by Gasteiger charge is -2.23. The molecule has 0 aromatic heterocycles. The molecule has 0 radical (unpaired) electrons. The second-order valence-corrected chi connectivity index (χ2v) is 4.98. The third kappa shape index (κ3) is 3.58. The molecule has 0 heterocycles. The Morgan fingerprint density at radius 1 is 1.24 bits per heavy atom. The predicted molar refractivity (Wildman–Crippen MR) is 70.1 cm³/mol. The smallest absolute Gasteiger partial charge is 0.315 e. The maximum Gasteiger partial charge on any atom is 0.315 e. The Balaban J connectivity index is 2.72. The van der Waals surface area contributed by atoms with E-state index in [1.807, 2.05) is 45.0 Å². The third-order valence-corrected chi connectivity index (χ3v) is 3.01. The van der Waals surface area contributed by atoms with E-state index < -0.39 is 5.41 Å². The molecule has 2 heteroatoms. The lowest BCUT2D eigenvalue weighted by Crippen LogP contribution is -2.31. The van der Waals surface area contributed by atoms with Crippen LogP contribution in [0.25, 0.3) is 0 Å². The van der Waals surface area contributed by atoms with Crippen molar-refractivity contribution >= 4 is 5.97 Å². The van der Waals surface area contributed by atoms with Gasteiger partial charge < -0.3 is 4.74 Å². The minimum Gasteiger partial charge on any atom is -0.465 e. The molecular weight excluding hydrogens is 212 g/mol. The van der Waals surface area contributed by atoms with Crippen LogP contribution in [0.15, 0.2) is 24.3 Å². The van der Waals surface area contributed by atoms with Crippen LogP contribution in [-0.4, -0.2) is 12.6 Å². The molecule has 0 saturated carbocycles. The molecule has 0 fully saturated rings. The standard InChI is InChI=1S/C15H22O2/c1-5-6-11-17-14(16)15(3,4)13-9-7-12(2)8-10-13/h7-10H,5-6,11H2,1-4H3. The zero-order chi connectivity index (χ0) is 12.9. The molecule has 17 heavy (non-hydrogen) atoms. The van der Waals surface area contributed by atoms with E-state index in [0.29, 0.717) is 6.61 Å². The van der Waals surface area contributed by atoms with Crippen molar-refractivity contribution in [3.05, 3.63) is 35.4 Å². The summed E-state index contributed by atoms with van der Waals surface area (Å²) >= 11 is 0. The third-order valence-electron chi connectivity index (χ3n) is 3.01. The molecule has 0 aliphatic rings. The summed E-state index contributed by atoms with van der Waals surface area (Å²) in [7, 11) is 0. The van der Waals surface area contributed by atoms with Crippen molar-refractivity contribution in [1.29, 1.82) is 0 Å². The summed E-state index contributed by atoms with van der Waals surface area (Å²) in [6.07, 6.45) is 1.97. The molecule has 0 atom stereocenters. The van der Waals surface area contributed by atoms with Crippen LogP contribution < -0.4 is 0 Å². The fourth-order valence-corrected chi connectivity index (χ4v) is 1.58. The van der Waals surface area contributed by atoms with Gasteiger partial charge in [-0.25, -0.2) is 0 Å². The number of carbonyl (C=O) groups excluding carboxylic acids is 1. The lowest BCUT2D eigenvalue weighted by atomic mass is 9.84. The van der Waals surface area contributed by atoms with Crippen molar-refractivity contribution in [3.8, 4) is 0 Å². The van der Waals surface area contributed by atoms with Crippen molar-refractivity contribution < 1.29 is 9.53 Å². The van der Waals surface area contributed by atoms with Gasteiger partial charge in [0.05, 0.1) is 12.0 Å². The maximum absolute atomic E-state index is 12.0. The van der Waals surface area contributed by atoms with Gasteiger partial charge in [-0.3, -0.25) is 4.79 Å². The topological polar surface area (TPSA) is 26.3 Å². The largest absolute Gasteiger partial charge is 0.465 e. The Bertz CT molecular complexity index is 363. The SMILES string of the molecule is CCCCOC(=O)C(C)(C)c1ccc(C)cc1. The number of hydrogen-bond donors (Lipinski definition) is 0. The zero-order valence-electron chi connectivity index (χ0n) is 11.2. The van der Waals surface area contributed by atoms with Crippen LogP contribution in [0.3, 0.4) is 0 Å². The van der Waals surface area contributed by atoms with Crippen molar-refractivity contribution in [2.24, 2.45) is 0 Å². The van der Waals surface area contributed by atoms with E-state index >= 15 is 0 Å². The quantitative estimate of drug-likeness (QED) is 0.574. The monoisotopic (exact) mass is 234 g/mol. The molecule has 1 rings (SSSR count). The second kappa shape index (κ2) is 5.85. The van der Waals surface area contributed by atoms with Gasteiger partial charge >= 0.3 is 5.97 Å². The van der Waals surface area contributed by atoms with Crippen LogP contribution in [0, 0.1) is 6.92 Å². The van der Waals surface area contributed by atoms with Crippen LogP contribution >= 0.6 is 0 Å². The average Bonchev–Trinajstić information content (AvgIpc) is 2.29. The van der Waals surface area contributed by atoms with Crippen LogP contribution in [0.1, 0.15) is 44.7 Å². The Morgan fingerprint density at radius 3 is 2.35 bits per heavy atom. The highest BCUT2D eigenvalue weighted by molar-refractivity contribution is 5.82. The molecule has 0 N–H and O–H groups in total. The van der Waals surface area contributed by atoms with Crippen molar-refractivity contribution in [2.45, 2.75) is 46.0 Å². The van der Waals surface area contributed by atoms with Gasteiger partial charge in [0.25, 0.3) is 0 Å². The number of aryl methyl sites for hydroxylation is 1. The molecule has 0 saturated heterocycles. The molecule has 2 nitrogen and oxygen atoms in total. The normalized spacial score (nSPS) is 11.3. The van der Waals surface area contributed by atoms with E-state index in [0.717, 1.165) is 18.4 Å². The summed E-state index contributed by atoms with van der Waals surface area (Å²) in [6, 6.07) is 8.04. The summed E-state index contributed by atoms with van der Waals surface area (Å²) in [5.41, 5.74) is 1.63. The molecule has 0 bridgehead atoms. The van der Waals surface area contributed by atoms with Crippen molar-refractivity contribution in [3.63, 3.8) is 0 Å². The lowest BCUT2D eigenvalue weighted by molar-refractivity contribution is -0.149. The first kappa shape index (κ1) is 13.8. The van der Waals surface area contributed by atoms with E-state index in [9.17, 15) is 4.79 Å². The van der Waals surface area contributed by atoms with Crippen LogP contribution in [0.5, 0.6) is 0 Å². The number of benzene rings is 1. The molecule has 0 aliphatic heterocycles. The van der Waals surface area contributed by atoms with Gasteiger partial charge in [-0.05, 0) is 32.8 Å². The van der Waals surface area contributed by atoms with Crippen molar-refractivity contribution in [2.75, 3.05) is 6.61 Å². The summed E-state index contributed by atoms with van der Waals surface area (Å²) in [6.45, 7) is 8.46. The minimum absolute atomic E-state index is 0.144. The fraction of sp³-hybridized carbons (Fsp3) is 0.533. The van der Waals surface area contributed by atoms with Gasteiger partial charge in [-0.1, -0.05) is 43.2 Å². The van der Waals surface area contributed by atoms with Gasteiger partial charge in [0.1, 0.15) is 0 Å². The maximum atomic E-state index is 12.0. The second-order valence-electron chi connectivity index (χ2n) is 4.98. The van der Waals surface area contributed by atoms with Gasteiger partial charge in [0.15, 0.2) is 0 Å². The fourth-order valence-electron chi connectivity index (χ4n) is 1.58. The Hall–Kier alpha value is -1.31. The molecule has 0 spiro atoms. The number of carbonyl (C=O) groups is 1. The Kier molecular flexibility index (Phi) is 4.73. The Labute approximate surface area is 104 Å². The van der Waals surface area contributed by atoms with Crippen LogP contribution in [0.2, 0.25) is 0 Å². The molecule has 1 aromatic rings. The highest BCUT2D eigenvalue weighted by Gasteiger charge is 2.31. The highest BCUT2D eigenvalue weighted by Crippen LogP contribution is 2.25. The van der Waals surface area contributed by atoms with Crippen molar-refractivity contribution in [1.82, 2.24) is 0 Å². The van der Waals surface area contributed by atoms with E-state index in [1.165, 1.54) is 5.56 Å². The van der Waals surface area contributed by atoms with E-state index in [1.54, 1.807) is 0 Å². The molecule has 0 unspecified atom stereocenters. The summed E-state index contributed by atoms with van der Waals surface area (Å²) in [5.74, 6) is -0.144. The number of hydrogen-bond acceptors (Lipinski definition) is 2. The molecule has 94 valence electrons. The summed E-state index contributed by atoms with van der Waals surface area (Å²) in [4.78, 5) is 12.0. The van der Waals surface area contributed by atoms with E-state index in [-0.39, 0.29) is 5.97 Å². The molecule has 1 aromatic carbocycles. The molecule has 0 aliphatic carbocycles. The zero-order valence-corrected chi connectivity index (χ0v) is 11.2. The number of ether oxygens (including phenoxy) is 1. The predicted octanol–water partition coefficient (Wildman–Crippen LogP) is 3.62. The first-order valence-corrected chi connectivity index (χ1v) is 6.23. The van der Waals surface area contributed by atoms with E-state index in [4.69, 9.17) is 4.74 Å². The van der Waals surface area contributed by atoms with Crippen LogP contribution in [-0.2, 0) is 14.9 Å². The molecule has 0 amide bonds. The number of unbranched alkanes of at least 4 members (excludes halogenated alkanes) is 1. The minimum atomic E-state index is -0.568. The van der Waals surface area contributed by atoms with Gasteiger partial charge in [0, 0.05) is 0 Å². The van der Waals surface area contributed by atoms with Gasteiger partial charge in [-0.2, -0.15) is 0 Å². The first-order chi connectivity index (χ1) is 7.98.